The van der Waals surface area contributed by atoms with Gasteiger partial charge in [0.1, 0.15) is 0 Å². The lowest BCUT2D eigenvalue weighted by Crippen LogP contribution is -2.29. The zero-order chi connectivity index (χ0) is 12.1. The molecule has 0 spiro atoms. The Labute approximate surface area is 113 Å². The lowest BCUT2D eigenvalue weighted by Gasteiger charge is -2.24. The Morgan fingerprint density at radius 1 is 1.41 bits per heavy atom. The van der Waals surface area contributed by atoms with Crippen LogP contribution in [0.4, 0.5) is 0 Å². The summed E-state index contributed by atoms with van der Waals surface area (Å²) in [5, 5.41) is 5.25. The molecule has 1 aromatic rings. The summed E-state index contributed by atoms with van der Waals surface area (Å²) >= 11 is 8.30. The number of benzene rings is 1. The first kappa shape index (κ1) is 13.3. The summed E-state index contributed by atoms with van der Waals surface area (Å²) in [6.45, 7) is 3.28. The molecule has 0 aromatic heterocycles. The van der Waals surface area contributed by atoms with Gasteiger partial charge in [-0.15, -0.1) is 0 Å². The molecule has 1 nitrogen and oxygen atoms in total. The van der Waals surface area contributed by atoms with Crippen LogP contribution < -0.4 is 5.32 Å². The van der Waals surface area contributed by atoms with E-state index < -0.39 is 0 Å². The summed E-state index contributed by atoms with van der Waals surface area (Å²) in [6.07, 6.45) is 4.13. The second-order valence-corrected chi connectivity index (χ2v) is 6.46. The maximum atomic E-state index is 6.20. The van der Waals surface area contributed by atoms with Crippen molar-refractivity contribution in [3.05, 3.63) is 34.9 Å². The minimum absolute atomic E-state index is 0.339. The van der Waals surface area contributed by atoms with Crippen molar-refractivity contribution in [3.63, 3.8) is 0 Å². The minimum Gasteiger partial charge on any atom is -0.309 e. The van der Waals surface area contributed by atoms with Gasteiger partial charge in [-0.3, -0.25) is 0 Å². The molecule has 0 radical (unpaired) electrons. The Bertz CT molecular complexity index is 350. The van der Waals surface area contributed by atoms with Gasteiger partial charge in [0.15, 0.2) is 0 Å². The van der Waals surface area contributed by atoms with Crippen molar-refractivity contribution in [2.75, 3.05) is 12.3 Å². The molecule has 1 fully saturated rings. The zero-order valence-corrected chi connectivity index (χ0v) is 11.9. The fourth-order valence-corrected chi connectivity index (χ4v) is 3.76. The second kappa shape index (κ2) is 6.67. The van der Waals surface area contributed by atoms with Crippen LogP contribution in [0.25, 0.3) is 0 Å². The number of thioether (sulfide) groups is 1. The molecule has 3 heteroatoms. The van der Waals surface area contributed by atoms with Gasteiger partial charge in [-0.1, -0.05) is 36.2 Å². The summed E-state index contributed by atoms with van der Waals surface area (Å²) in [6, 6.07) is 8.44. The van der Waals surface area contributed by atoms with E-state index in [1.807, 2.05) is 12.1 Å². The lowest BCUT2D eigenvalue weighted by molar-refractivity contribution is 0.538. The molecular formula is C14H20ClNS. The summed E-state index contributed by atoms with van der Waals surface area (Å²) in [7, 11) is 0. The highest BCUT2D eigenvalue weighted by molar-refractivity contribution is 7.99. The van der Waals surface area contributed by atoms with Gasteiger partial charge >= 0.3 is 0 Å². The molecule has 17 heavy (non-hydrogen) atoms. The van der Waals surface area contributed by atoms with Gasteiger partial charge in [0.05, 0.1) is 0 Å². The Morgan fingerprint density at radius 2 is 2.24 bits per heavy atom. The van der Waals surface area contributed by atoms with E-state index in [1.54, 1.807) is 0 Å². The summed E-state index contributed by atoms with van der Waals surface area (Å²) in [4.78, 5) is 0. The van der Waals surface area contributed by atoms with E-state index in [2.05, 4.69) is 36.1 Å². The normalized spacial score (nSPS) is 22.4. The molecule has 1 heterocycles. The average Bonchev–Trinajstić information content (AvgIpc) is 2.38. The molecule has 2 unspecified atom stereocenters. The largest absolute Gasteiger partial charge is 0.309 e. The highest BCUT2D eigenvalue weighted by Gasteiger charge is 2.15. The molecule has 1 aliphatic rings. The van der Waals surface area contributed by atoms with Gasteiger partial charge in [-0.2, -0.15) is 11.8 Å². The Morgan fingerprint density at radius 3 is 2.94 bits per heavy atom. The third-order valence-electron chi connectivity index (χ3n) is 3.30. The monoisotopic (exact) mass is 269 g/mol. The SMILES string of the molecule is CC(NCC1CCCCS1)c1ccccc1Cl. The van der Waals surface area contributed by atoms with Crippen LogP contribution in [0.3, 0.4) is 0 Å². The van der Waals surface area contributed by atoms with Crippen LogP contribution in [-0.2, 0) is 0 Å². The van der Waals surface area contributed by atoms with Crippen LogP contribution in [0.2, 0.25) is 5.02 Å². The molecule has 1 aliphatic heterocycles. The smallest absolute Gasteiger partial charge is 0.0453 e. The van der Waals surface area contributed by atoms with Crippen LogP contribution in [0.15, 0.2) is 24.3 Å². The van der Waals surface area contributed by atoms with Gasteiger partial charge in [0, 0.05) is 22.9 Å². The van der Waals surface area contributed by atoms with Crippen molar-refractivity contribution in [1.82, 2.24) is 5.32 Å². The van der Waals surface area contributed by atoms with Gasteiger partial charge in [-0.05, 0) is 37.1 Å². The molecule has 2 atom stereocenters. The number of halogens is 1. The molecule has 1 saturated heterocycles. The van der Waals surface area contributed by atoms with Crippen LogP contribution in [0.5, 0.6) is 0 Å². The van der Waals surface area contributed by atoms with E-state index in [1.165, 1.54) is 30.6 Å². The van der Waals surface area contributed by atoms with E-state index in [4.69, 9.17) is 11.6 Å². The van der Waals surface area contributed by atoms with Crippen molar-refractivity contribution in [2.24, 2.45) is 0 Å². The Hall–Kier alpha value is -0.180. The molecular weight excluding hydrogens is 250 g/mol. The molecule has 1 aromatic carbocycles. The Balaban J connectivity index is 1.84. The zero-order valence-electron chi connectivity index (χ0n) is 10.3. The van der Waals surface area contributed by atoms with Crippen LogP contribution in [-0.4, -0.2) is 17.5 Å². The van der Waals surface area contributed by atoms with Gasteiger partial charge in [0.25, 0.3) is 0 Å². The second-order valence-electron chi connectivity index (χ2n) is 4.64. The van der Waals surface area contributed by atoms with Crippen molar-refractivity contribution in [2.45, 2.75) is 37.5 Å². The maximum Gasteiger partial charge on any atom is 0.0453 e. The number of nitrogens with one attached hydrogen (secondary N) is 1. The van der Waals surface area contributed by atoms with E-state index in [-0.39, 0.29) is 0 Å². The van der Waals surface area contributed by atoms with Gasteiger partial charge < -0.3 is 5.32 Å². The van der Waals surface area contributed by atoms with Crippen molar-refractivity contribution in [3.8, 4) is 0 Å². The third-order valence-corrected chi connectivity index (χ3v) is 5.04. The average molecular weight is 270 g/mol. The summed E-state index contributed by atoms with van der Waals surface area (Å²) < 4.78 is 0. The van der Waals surface area contributed by atoms with Crippen LogP contribution >= 0.6 is 23.4 Å². The molecule has 1 N–H and O–H groups in total. The Kier molecular flexibility index (Phi) is 5.20. The minimum atomic E-state index is 0.339. The first-order valence-electron chi connectivity index (χ1n) is 6.37. The maximum absolute atomic E-state index is 6.20. The highest BCUT2D eigenvalue weighted by Crippen LogP contribution is 2.26. The predicted octanol–water partition coefficient (Wildman–Crippen LogP) is 4.28. The molecule has 0 bridgehead atoms. The lowest BCUT2D eigenvalue weighted by atomic mass is 10.1. The fourth-order valence-electron chi connectivity index (χ4n) is 2.21. The quantitative estimate of drug-likeness (QED) is 0.876. The first-order valence-corrected chi connectivity index (χ1v) is 7.79. The van der Waals surface area contributed by atoms with Crippen molar-refractivity contribution >= 4 is 23.4 Å². The molecule has 0 saturated carbocycles. The summed E-state index contributed by atoms with van der Waals surface area (Å²) in [5.41, 5.74) is 1.20. The fraction of sp³-hybridized carbons (Fsp3) is 0.571. The van der Waals surface area contributed by atoms with E-state index >= 15 is 0 Å². The first-order chi connectivity index (χ1) is 8.27. The molecule has 0 aliphatic carbocycles. The van der Waals surface area contributed by atoms with Crippen LogP contribution in [0, 0.1) is 0 Å². The van der Waals surface area contributed by atoms with Crippen LogP contribution in [0.1, 0.15) is 37.8 Å². The third kappa shape index (κ3) is 3.90. The molecule has 94 valence electrons. The standard InChI is InChI=1S/C14H20ClNS/c1-11(13-7-2-3-8-14(13)15)16-10-12-6-4-5-9-17-12/h2-3,7-8,11-12,16H,4-6,9-10H2,1H3. The van der Waals surface area contributed by atoms with Crippen molar-refractivity contribution < 1.29 is 0 Å². The molecule has 0 amide bonds. The van der Waals surface area contributed by atoms with Crippen molar-refractivity contribution in [1.29, 1.82) is 0 Å². The van der Waals surface area contributed by atoms with E-state index in [9.17, 15) is 0 Å². The topological polar surface area (TPSA) is 12.0 Å². The number of hydrogen-bond acceptors (Lipinski definition) is 2. The van der Waals surface area contributed by atoms with E-state index in [0.717, 1.165) is 16.8 Å². The predicted molar refractivity (Wildman–Crippen MR) is 78.0 cm³/mol. The van der Waals surface area contributed by atoms with Gasteiger partial charge in [0.2, 0.25) is 0 Å². The number of rotatable bonds is 4. The highest BCUT2D eigenvalue weighted by atomic mass is 35.5. The number of hydrogen-bond donors (Lipinski definition) is 1. The van der Waals surface area contributed by atoms with E-state index in [0.29, 0.717) is 6.04 Å². The summed E-state index contributed by atoms with van der Waals surface area (Å²) in [5.74, 6) is 1.33. The van der Waals surface area contributed by atoms with Gasteiger partial charge in [-0.25, -0.2) is 0 Å². The molecule has 2 rings (SSSR count).